The number of benzene rings is 1. The smallest absolute Gasteiger partial charge is 0.277 e. The summed E-state index contributed by atoms with van der Waals surface area (Å²) in [5.74, 6) is 0.215. The number of aliphatic hydroxyl groups is 1. The zero-order valence-electron chi connectivity index (χ0n) is 16.8. The number of aliphatic hydroxyl groups excluding tert-OH is 1. The number of pyridine rings is 1. The van der Waals surface area contributed by atoms with E-state index in [-0.39, 0.29) is 17.7 Å². The molecule has 4 N–H and O–H groups in total. The number of nitrogens with one attached hydrogen (secondary N) is 1. The van der Waals surface area contributed by atoms with Gasteiger partial charge in [-0.2, -0.15) is 5.10 Å². The van der Waals surface area contributed by atoms with Crippen LogP contribution in [0.4, 0.5) is 17.2 Å². The number of nitrogens with zero attached hydrogens (tertiary/aromatic N) is 5. The zero-order valence-corrected chi connectivity index (χ0v) is 16.8. The van der Waals surface area contributed by atoms with Crippen LogP contribution in [0.2, 0.25) is 0 Å². The van der Waals surface area contributed by atoms with Crippen molar-refractivity contribution in [1.29, 1.82) is 0 Å². The lowest BCUT2D eigenvalue weighted by molar-refractivity contribution is 0.102. The van der Waals surface area contributed by atoms with Crippen LogP contribution in [0.15, 0.2) is 47.3 Å². The summed E-state index contributed by atoms with van der Waals surface area (Å²) in [6.45, 7) is 1.21. The van der Waals surface area contributed by atoms with Crippen molar-refractivity contribution >= 4 is 34.0 Å². The van der Waals surface area contributed by atoms with Gasteiger partial charge in [-0.25, -0.2) is 9.97 Å². The van der Waals surface area contributed by atoms with Crippen LogP contribution >= 0.6 is 0 Å². The fourth-order valence-corrected chi connectivity index (χ4v) is 3.79. The highest BCUT2D eigenvalue weighted by atomic mass is 16.3. The van der Waals surface area contributed by atoms with Crippen LogP contribution in [0.3, 0.4) is 0 Å². The molecule has 0 bridgehead atoms. The van der Waals surface area contributed by atoms with E-state index in [1.165, 1.54) is 6.26 Å². The number of amides is 1. The standard InChI is InChI=1S/C21H21N7O3/c1-27-17-8-15(18(6-13(17)9-24-27)28-5-3-14(29)10-28)25-20(30)16-11-31-21(26-16)12-2-4-23-19(22)7-12/h2,4,6-9,11,14,29H,3,5,10H2,1H3,(H2,22,23)(H,25,30)/t14-/m0/s1. The molecule has 1 aromatic carbocycles. The molecule has 4 heterocycles. The molecule has 0 spiro atoms. The van der Waals surface area contributed by atoms with Gasteiger partial charge in [-0.15, -0.1) is 0 Å². The highest BCUT2D eigenvalue weighted by molar-refractivity contribution is 6.06. The zero-order chi connectivity index (χ0) is 21.5. The van der Waals surface area contributed by atoms with E-state index >= 15 is 0 Å². The minimum atomic E-state index is -0.403. The molecule has 1 fully saturated rings. The predicted molar refractivity (Wildman–Crippen MR) is 116 cm³/mol. The SMILES string of the molecule is Cn1ncc2cc(N3CC[C@H](O)C3)c(NC(=O)c3coc(-c4ccnc(N)c4)n3)cc21. The molecule has 5 rings (SSSR count). The molecule has 1 amide bonds. The van der Waals surface area contributed by atoms with Crippen LogP contribution < -0.4 is 16.0 Å². The number of carbonyl (C=O) groups is 1. The van der Waals surface area contributed by atoms with Crippen molar-refractivity contribution in [2.45, 2.75) is 12.5 Å². The number of nitrogen functional groups attached to an aromatic ring is 1. The van der Waals surface area contributed by atoms with Crippen molar-refractivity contribution in [3.05, 3.63) is 48.6 Å². The van der Waals surface area contributed by atoms with Crippen LogP contribution in [0.5, 0.6) is 0 Å². The second-order valence-corrected chi connectivity index (χ2v) is 7.55. The first kappa shape index (κ1) is 19.1. The average molecular weight is 419 g/mol. The fraction of sp³-hybridized carbons (Fsp3) is 0.238. The number of hydrogen-bond donors (Lipinski definition) is 3. The van der Waals surface area contributed by atoms with Gasteiger partial charge in [-0.1, -0.05) is 0 Å². The van der Waals surface area contributed by atoms with Gasteiger partial charge in [-0.3, -0.25) is 9.48 Å². The minimum Gasteiger partial charge on any atom is -0.444 e. The summed E-state index contributed by atoms with van der Waals surface area (Å²) < 4.78 is 7.22. The molecular formula is C21H21N7O3. The first-order valence-corrected chi connectivity index (χ1v) is 9.85. The van der Waals surface area contributed by atoms with Crippen LogP contribution in [0.1, 0.15) is 16.9 Å². The minimum absolute atomic E-state index is 0.142. The van der Waals surface area contributed by atoms with Gasteiger partial charge in [0.25, 0.3) is 5.91 Å². The summed E-state index contributed by atoms with van der Waals surface area (Å²) in [5.41, 5.74) is 8.82. The van der Waals surface area contributed by atoms with E-state index in [1.807, 2.05) is 19.2 Å². The molecule has 0 saturated carbocycles. The molecule has 31 heavy (non-hydrogen) atoms. The van der Waals surface area contributed by atoms with Crippen LogP contribution in [-0.2, 0) is 7.05 Å². The van der Waals surface area contributed by atoms with Gasteiger partial charge < -0.3 is 25.5 Å². The maximum Gasteiger partial charge on any atom is 0.277 e. The molecule has 1 saturated heterocycles. The molecule has 10 heteroatoms. The third-order valence-corrected chi connectivity index (χ3v) is 5.38. The quantitative estimate of drug-likeness (QED) is 0.457. The van der Waals surface area contributed by atoms with Gasteiger partial charge in [0.15, 0.2) is 5.69 Å². The highest BCUT2D eigenvalue weighted by Gasteiger charge is 2.25. The second-order valence-electron chi connectivity index (χ2n) is 7.55. The van der Waals surface area contributed by atoms with E-state index in [2.05, 4.69) is 25.3 Å². The van der Waals surface area contributed by atoms with Crippen molar-refractivity contribution in [2.75, 3.05) is 29.0 Å². The van der Waals surface area contributed by atoms with E-state index in [9.17, 15) is 9.90 Å². The van der Waals surface area contributed by atoms with Crippen LogP contribution in [0, 0.1) is 0 Å². The Bertz CT molecular complexity index is 1280. The van der Waals surface area contributed by atoms with Gasteiger partial charge >= 0.3 is 0 Å². The first-order chi connectivity index (χ1) is 15.0. The Balaban J connectivity index is 1.47. The number of β-amino-alcohol motifs (C(OH)–C–C–N with tert-alkyl or cyclic N) is 1. The Hall–Kier alpha value is -3.92. The molecule has 4 aromatic rings. The number of rotatable bonds is 4. The summed E-state index contributed by atoms with van der Waals surface area (Å²) in [6.07, 6.45) is 4.93. The lowest BCUT2D eigenvalue weighted by Crippen LogP contribution is -2.23. The fourth-order valence-electron chi connectivity index (χ4n) is 3.79. The predicted octanol–water partition coefficient (Wildman–Crippen LogP) is 2.03. The number of aromatic nitrogens is 4. The number of fused-ring (bicyclic) bond motifs is 1. The molecule has 0 radical (unpaired) electrons. The number of oxazole rings is 1. The van der Waals surface area contributed by atoms with Crippen molar-refractivity contribution in [3.63, 3.8) is 0 Å². The molecule has 158 valence electrons. The van der Waals surface area contributed by atoms with Crippen molar-refractivity contribution in [3.8, 4) is 11.5 Å². The molecule has 1 aliphatic heterocycles. The van der Waals surface area contributed by atoms with Crippen LogP contribution in [-0.4, -0.2) is 50.0 Å². The number of carbonyl (C=O) groups excluding carboxylic acids is 1. The summed E-state index contributed by atoms with van der Waals surface area (Å²) in [7, 11) is 1.84. The van der Waals surface area contributed by atoms with Gasteiger partial charge in [0.05, 0.1) is 29.2 Å². The first-order valence-electron chi connectivity index (χ1n) is 9.85. The monoisotopic (exact) mass is 419 g/mol. The van der Waals surface area contributed by atoms with Gasteiger partial charge in [0.2, 0.25) is 5.89 Å². The average Bonchev–Trinajstić information content (AvgIpc) is 3.48. The molecule has 3 aromatic heterocycles. The number of anilines is 3. The van der Waals surface area contributed by atoms with Gasteiger partial charge in [0, 0.05) is 37.3 Å². The second kappa shape index (κ2) is 7.40. The number of nitrogens with two attached hydrogens (primary N) is 1. The lowest BCUT2D eigenvalue weighted by Gasteiger charge is -2.22. The normalized spacial score (nSPS) is 16.2. The molecule has 0 aliphatic carbocycles. The topological polar surface area (TPSA) is 135 Å². The van der Waals surface area contributed by atoms with Crippen molar-refractivity contribution in [2.24, 2.45) is 7.05 Å². The van der Waals surface area contributed by atoms with E-state index in [4.69, 9.17) is 10.2 Å². The molecule has 0 unspecified atom stereocenters. The largest absolute Gasteiger partial charge is 0.444 e. The molecule has 1 atom stereocenters. The van der Waals surface area contributed by atoms with E-state index in [0.717, 1.165) is 16.6 Å². The summed E-state index contributed by atoms with van der Waals surface area (Å²) in [4.78, 5) is 23.2. The third-order valence-electron chi connectivity index (χ3n) is 5.38. The van der Waals surface area contributed by atoms with Crippen molar-refractivity contribution in [1.82, 2.24) is 19.7 Å². The van der Waals surface area contributed by atoms with Gasteiger partial charge in [-0.05, 0) is 30.7 Å². The van der Waals surface area contributed by atoms with Gasteiger partial charge in [0.1, 0.15) is 12.1 Å². The van der Waals surface area contributed by atoms with Crippen molar-refractivity contribution < 1.29 is 14.3 Å². The highest BCUT2D eigenvalue weighted by Crippen LogP contribution is 2.34. The molecule has 1 aliphatic rings. The summed E-state index contributed by atoms with van der Waals surface area (Å²) in [5, 5.41) is 18.2. The summed E-state index contributed by atoms with van der Waals surface area (Å²) >= 11 is 0. The van der Waals surface area contributed by atoms with E-state index in [1.54, 1.807) is 29.2 Å². The maximum absolute atomic E-state index is 13.0. The van der Waals surface area contributed by atoms with E-state index < -0.39 is 5.91 Å². The Morgan fingerprint density at radius 2 is 2.23 bits per heavy atom. The number of hydrogen-bond acceptors (Lipinski definition) is 8. The summed E-state index contributed by atoms with van der Waals surface area (Å²) in [6, 6.07) is 7.19. The number of aryl methyl sites for hydroxylation is 1. The Labute approximate surface area is 177 Å². The Morgan fingerprint density at radius 3 is 3.00 bits per heavy atom. The third kappa shape index (κ3) is 3.57. The Morgan fingerprint density at radius 1 is 1.35 bits per heavy atom. The van der Waals surface area contributed by atoms with Crippen LogP contribution in [0.25, 0.3) is 22.4 Å². The van der Waals surface area contributed by atoms with E-state index in [0.29, 0.717) is 36.6 Å². The molecule has 10 nitrogen and oxygen atoms in total. The Kier molecular flexibility index (Phi) is 4.55. The molecular weight excluding hydrogens is 398 g/mol. The lowest BCUT2D eigenvalue weighted by atomic mass is 10.1. The maximum atomic E-state index is 13.0.